The Balaban J connectivity index is 1.89. The van der Waals surface area contributed by atoms with Crippen LogP contribution in [0.1, 0.15) is 31.4 Å². The maximum Gasteiger partial charge on any atom is 0.147 e. The van der Waals surface area contributed by atoms with Gasteiger partial charge in [-0.3, -0.25) is 0 Å². The summed E-state index contributed by atoms with van der Waals surface area (Å²) in [5, 5.41) is 9.48. The fourth-order valence-corrected chi connectivity index (χ4v) is 3.99. The van der Waals surface area contributed by atoms with Crippen molar-refractivity contribution in [2.75, 3.05) is 18.6 Å². The van der Waals surface area contributed by atoms with Gasteiger partial charge in [0.25, 0.3) is 0 Å². The Bertz CT molecular complexity index is 932. The Kier molecular flexibility index (Phi) is 5.49. The number of rotatable bonds is 6. The standard InChI is InChI=1S/C21H26O5S/c1-21(2)13-16-12-17(25-9-4-10-27(3,23)24)6-7-18(16)19-11-15(14-22)5-8-20(19)26-21/h5-8,11-12,22H,4,9-10,13-14H2,1-3H3. The molecule has 0 aliphatic carbocycles. The molecule has 1 aliphatic heterocycles. The highest BCUT2D eigenvalue weighted by molar-refractivity contribution is 7.90. The maximum atomic E-state index is 11.2. The number of hydrogen-bond acceptors (Lipinski definition) is 5. The molecule has 1 aliphatic rings. The molecule has 0 spiro atoms. The molecule has 0 saturated carbocycles. The lowest BCUT2D eigenvalue weighted by atomic mass is 9.92. The second kappa shape index (κ2) is 7.52. The number of hydrogen-bond donors (Lipinski definition) is 1. The molecule has 2 aromatic carbocycles. The summed E-state index contributed by atoms with van der Waals surface area (Å²) in [4.78, 5) is 0. The Morgan fingerprint density at radius 1 is 1.15 bits per heavy atom. The first-order chi connectivity index (χ1) is 12.7. The van der Waals surface area contributed by atoms with Crippen LogP contribution in [0.25, 0.3) is 11.1 Å². The van der Waals surface area contributed by atoms with Crippen molar-refractivity contribution in [1.29, 1.82) is 0 Å². The maximum absolute atomic E-state index is 11.2. The topological polar surface area (TPSA) is 72.8 Å². The first kappa shape index (κ1) is 19.7. The van der Waals surface area contributed by atoms with Gasteiger partial charge in [-0.1, -0.05) is 12.1 Å². The van der Waals surface area contributed by atoms with Gasteiger partial charge in [0.2, 0.25) is 0 Å². The van der Waals surface area contributed by atoms with Gasteiger partial charge >= 0.3 is 0 Å². The van der Waals surface area contributed by atoms with Crippen LogP contribution in [0.15, 0.2) is 36.4 Å². The molecule has 1 N–H and O–H groups in total. The van der Waals surface area contributed by atoms with Crippen molar-refractivity contribution in [2.45, 2.75) is 38.9 Å². The Hall–Kier alpha value is -2.05. The van der Waals surface area contributed by atoms with Crippen LogP contribution in [0, 0.1) is 0 Å². The van der Waals surface area contributed by atoms with E-state index in [0.717, 1.165) is 33.8 Å². The van der Waals surface area contributed by atoms with Gasteiger partial charge in [0.15, 0.2) is 0 Å². The summed E-state index contributed by atoms with van der Waals surface area (Å²) in [6.07, 6.45) is 2.41. The van der Waals surface area contributed by atoms with Gasteiger partial charge in [-0.2, -0.15) is 0 Å². The summed E-state index contributed by atoms with van der Waals surface area (Å²) in [7, 11) is -2.97. The van der Waals surface area contributed by atoms with E-state index in [1.54, 1.807) is 0 Å². The van der Waals surface area contributed by atoms with Gasteiger partial charge in [0.05, 0.1) is 19.0 Å². The molecule has 2 aromatic rings. The molecule has 5 nitrogen and oxygen atoms in total. The van der Waals surface area contributed by atoms with Crippen molar-refractivity contribution >= 4 is 9.84 Å². The molecule has 0 atom stereocenters. The third kappa shape index (κ3) is 5.02. The minimum atomic E-state index is -2.97. The fraction of sp³-hybridized carbons (Fsp3) is 0.429. The molecule has 146 valence electrons. The van der Waals surface area contributed by atoms with E-state index in [9.17, 15) is 13.5 Å². The summed E-state index contributed by atoms with van der Waals surface area (Å²) >= 11 is 0. The number of aliphatic hydroxyl groups excluding tert-OH is 1. The zero-order chi connectivity index (χ0) is 19.7. The third-order valence-electron chi connectivity index (χ3n) is 4.52. The average Bonchev–Trinajstić information content (AvgIpc) is 2.69. The molecule has 0 fully saturated rings. The molecule has 0 bridgehead atoms. The third-order valence-corrected chi connectivity index (χ3v) is 5.55. The van der Waals surface area contributed by atoms with Crippen LogP contribution in [0.5, 0.6) is 11.5 Å². The Labute approximate surface area is 160 Å². The summed E-state index contributed by atoms with van der Waals surface area (Å²) in [6.45, 7) is 4.43. The normalized spacial score (nSPS) is 15.3. The Morgan fingerprint density at radius 2 is 1.93 bits per heavy atom. The molecular formula is C21H26O5S. The molecule has 3 rings (SSSR count). The van der Waals surface area contributed by atoms with Crippen LogP contribution in [0.3, 0.4) is 0 Å². The first-order valence-electron chi connectivity index (χ1n) is 9.03. The molecule has 0 saturated heterocycles. The van der Waals surface area contributed by atoms with Crippen LogP contribution in [-0.4, -0.2) is 37.7 Å². The van der Waals surface area contributed by atoms with E-state index in [-0.39, 0.29) is 18.0 Å². The average molecular weight is 391 g/mol. The van der Waals surface area contributed by atoms with Gasteiger partial charge in [-0.15, -0.1) is 0 Å². The van der Waals surface area contributed by atoms with Crippen molar-refractivity contribution in [3.63, 3.8) is 0 Å². The molecule has 0 radical (unpaired) electrons. The van der Waals surface area contributed by atoms with Crippen molar-refractivity contribution in [3.8, 4) is 22.6 Å². The summed E-state index contributed by atoms with van der Waals surface area (Å²) < 4.78 is 34.4. The highest BCUT2D eigenvalue weighted by Gasteiger charge is 2.28. The van der Waals surface area contributed by atoms with Crippen molar-refractivity contribution in [2.24, 2.45) is 0 Å². The summed E-state index contributed by atoms with van der Waals surface area (Å²) in [5.41, 5.74) is 3.59. The van der Waals surface area contributed by atoms with E-state index in [1.807, 2.05) is 50.2 Å². The smallest absolute Gasteiger partial charge is 0.147 e. The lowest BCUT2D eigenvalue weighted by Gasteiger charge is -2.25. The SMILES string of the molecule is CC1(C)Cc2cc(OCCCS(C)(=O)=O)ccc2-c2cc(CO)ccc2O1. The zero-order valence-corrected chi connectivity index (χ0v) is 16.8. The van der Waals surface area contributed by atoms with Gasteiger partial charge in [0, 0.05) is 18.2 Å². The van der Waals surface area contributed by atoms with E-state index in [2.05, 4.69) is 0 Å². The lowest BCUT2D eigenvalue weighted by Crippen LogP contribution is -2.30. The predicted octanol–water partition coefficient (Wildman–Crippen LogP) is 3.37. The van der Waals surface area contributed by atoms with Gasteiger partial charge in [-0.25, -0.2) is 8.42 Å². The zero-order valence-electron chi connectivity index (χ0n) is 16.0. The highest BCUT2D eigenvalue weighted by Crippen LogP contribution is 2.41. The number of aliphatic hydroxyl groups is 1. The van der Waals surface area contributed by atoms with Crippen LogP contribution >= 0.6 is 0 Å². The van der Waals surface area contributed by atoms with E-state index >= 15 is 0 Å². The summed E-state index contributed by atoms with van der Waals surface area (Å²) in [6, 6.07) is 11.6. The summed E-state index contributed by atoms with van der Waals surface area (Å²) in [5.74, 6) is 1.65. The molecule has 27 heavy (non-hydrogen) atoms. The van der Waals surface area contributed by atoms with Crippen LogP contribution in [-0.2, 0) is 22.9 Å². The number of benzene rings is 2. The second-order valence-electron chi connectivity index (χ2n) is 7.68. The van der Waals surface area contributed by atoms with E-state index in [0.29, 0.717) is 19.4 Å². The molecular weight excluding hydrogens is 364 g/mol. The number of ether oxygens (including phenoxy) is 2. The van der Waals surface area contributed by atoms with E-state index in [1.165, 1.54) is 6.26 Å². The largest absolute Gasteiger partial charge is 0.494 e. The molecule has 6 heteroatoms. The lowest BCUT2D eigenvalue weighted by molar-refractivity contribution is 0.113. The molecule has 0 amide bonds. The van der Waals surface area contributed by atoms with Crippen molar-refractivity contribution in [3.05, 3.63) is 47.5 Å². The van der Waals surface area contributed by atoms with Crippen LogP contribution in [0.2, 0.25) is 0 Å². The van der Waals surface area contributed by atoms with Gasteiger partial charge in [0.1, 0.15) is 26.9 Å². The van der Waals surface area contributed by atoms with Gasteiger partial charge < -0.3 is 14.6 Å². The second-order valence-corrected chi connectivity index (χ2v) is 9.94. The molecule has 0 unspecified atom stereocenters. The minimum Gasteiger partial charge on any atom is -0.494 e. The van der Waals surface area contributed by atoms with E-state index < -0.39 is 9.84 Å². The van der Waals surface area contributed by atoms with Gasteiger partial charge in [-0.05, 0) is 61.2 Å². The van der Waals surface area contributed by atoms with Crippen molar-refractivity contribution < 1.29 is 23.0 Å². The first-order valence-corrected chi connectivity index (χ1v) is 11.1. The van der Waals surface area contributed by atoms with E-state index in [4.69, 9.17) is 9.47 Å². The quantitative estimate of drug-likeness (QED) is 0.766. The minimum absolute atomic E-state index is 0.0203. The van der Waals surface area contributed by atoms with Crippen molar-refractivity contribution in [1.82, 2.24) is 0 Å². The van der Waals surface area contributed by atoms with Crippen LogP contribution < -0.4 is 9.47 Å². The fourth-order valence-electron chi connectivity index (χ4n) is 3.35. The molecule has 0 aromatic heterocycles. The van der Waals surface area contributed by atoms with Crippen LogP contribution in [0.4, 0.5) is 0 Å². The number of fused-ring (bicyclic) bond motifs is 3. The Morgan fingerprint density at radius 3 is 2.63 bits per heavy atom. The number of sulfone groups is 1. The monoisotopic (exact) mass is 390 g/mol. The highest BCUT2D eigenvalue weighted by atomic mass is 32.2. The predicted molar refractivity (Wildman–Crippen MR) is 106 cm³/mol. The molecule has 1 heterocycles.